The van der Waals surface area contributed by atoms with Crippen LogP contribution in [0.3, 0.4) is 0 Å². The van der Waals surface area contributed by atoms with Crippen LogP contribution in [-0.2, 0) is 11.3 Å². The maximum atomic E-state index is 12.2. The van der Waals surface area contributed by atoms with Crippen LogP contribution in [-0.4, -0.2) is 40.2 Å². The van der Waals surface area contributed by atoms with E-state index in [1.54, 1.807) is 4.90 Å². The molecule has 20 heavy (non-hydrogen) atoms. The van der Waals surface area contributed by atoms with E-state index in [9.17, 15) is 9.90 Å². The van der Waals surface area contributed by atoms with E-state index in [0.717, 1.165) is 12.0 Å². The molecule has 0 spiro atoms. The van der Waals surface area contributed by atoms with Crippen LogP contribution in [0.4, 0.5) is 4.79 Å². The normalized spacial score (nSPS) is 32.2. The third-order valence-corrected chi connectivity index (χ3v) is 4.73. The molecular weight excluding hydrogens is 278 g/mol. The fraction of sp³-hybridized carbons (Fsp3) is 0.533. The predicted octanol–water partition coefficient (Wildman–Crippen LogP) is 2.39. The fourth-order valence-corrected chi connectivity index (χ4v) is 3.69. The van der Waals surface area contributed by atoms with E-state index in [4.69, 9.17) is 16.3 Å². The SMILES string of the molecule is O=C(OCc1ccccc1)N1C[C@H](Cl)[C@H]2CC[C@H](O)[C@H]21. The van der Waals surface area contributed by atoms with Gasteiger partial charge in [-0.2, -0.15) is 0 Å². The number of carbonyl (C=O) groups is 1. The number of carbonyl (C=O) groups excluding carboxylic acids is 1. The van der Waals surface area contributed by atoms with Gasteiger partial charge in [-0.15, -0.1) is 11.6 Å². The highest BCUT2D eigenvalue weighted by Gasteiger charge is 2.50. The number of aliphatic hydroxyl groups is 1. The smallest absolute Gasteiger partial charge is 0.410 e. The lowest BCUT2D eigenvalue weighted by molar-refractivity contribution is 0.0541. The highest BCUT2D eigenvalue weighted by molar-refractivity contribution is 6.21. The number of alkyl halides is 1. The van der Waals surface area contributed by atoms with Crippen LogP contribution < -0.4 is 0 Å². The van der Waals surface area contributed by atoms with Gasteiger partial charge in [0.15, 0.2) is 0 Å². The first kappa shape index (κ1) is 13.7. The van der Waals surface area contributed by atoms with Gasteiger partial charge in [0, 0.05) is 12.5 Å². The number of ether oxygens (including phenoxy) is 1. The summed E-state index contributed by atoms with van der Waals surface area (Å²) in [6, 6.07) is 9.38. The summed E-state index contributed by atoms with van der Waals surface area (Å²) in [6.45, 7) is 0.707. The maximum absolute atomic E-state index is 12.2. The zero-order chi connectivity index (χ0) is 14.1. The third kappa shape index (κ3) is 2.50. The van der Waals surface area contributed by atoms with E-state index in [2.05, 4.69) is 0 Å². The minimum atomic E-state index is -0.479. The topological polar surface area (TPSA) is 49.8 Å². The number of halogens is 1. The zero-order valence-corrected chi connectivity index (χ0v) is 11.9. The highest BCUT2D eigenvalue weighted by atomic mass is 35.5. The first-order valence-electron chi connectivity index (χ1n) is 6.96. The molecule has 0 unspecified atom stereocenters. The van der Waals surface area contributed by atoms with E-state index >= 15 is 0 Å². The summed E-state index contributed by atoms with van der Waals surface area (Å²) in [6.07, 6.45) is 0.727. The number of aliphatic hydroxyl groups excluding tert-OH is 1. The van der Waals surface area contributed by atoms with Gasteiger partial charge in [-0.25, -0.2) is 4.79 Å². The van der Waals surface area contributed by atoms with Crippen molar-refractivity contribution in [3.05, 3.63) is 35.9 Å². The number of hydrogen-bond donors (Lipinski definition) is 1. The Balaban J connectivity index is 1.62. The van der Waals surface area contributed by atoms with Gasteiger partial charge in [-0.1, -0.05) is 30.3 Å². The van der Waals surface area contributed by atoms with Gasteiger partial charge in [0.1, 0.15) is 6.61 Å². The molecule has 1 aromatic carbocycles. The molecule has 1 amide bonds. The van der Waals surface area contributed by atoms with Crippen molar-refractivity contribution in [3.63, 3.8) is 0 Å². The molecule has 5 heteroatoms. The van der Waals surface area contributed by atoms with Crippen LogP contribution in [0.15, 0.2) is 30.3 Å². The lowest BCUT2D eigenvalue weighted by Crippen LogP contribution is -2.42. The first-order chi connectivity index (χ1) is 9.66. The number of likely N-dealkylation sites (tertiary alicyclic amines) is 1. The summed E-state index contributed by atoms with van der Waals surface area (Å²) >= 11 is 6.27. The quantitative estimate of drug-likeness (QED) is 0.852. The van der Waals surface area contributed by atoms with Crippen LogP contribution >= 0.6 is 11.6 Å². The number of rotatable bonds is 2. The van der Waals surface area contributed by atoms with Crippen molar-refractivity contribution >= 4 is 17.7 Å². The van der Waals surface area contributed by atoms with Gasteiger partial charge < -0.3 is 14.7 Å². The Bertz CT molecular complexity index is 481. The molecule has 3 rings (SSSR count). The average Bonchev–Trinajstić information content (AvgIpc) is 3.00. The molecule has 0 bridgehead atoms. The molecular formula is C15H18ClNO3. The standard InChI is InChI=1S/C15H18ClNO3/c16-12-8-17(14-11(12)6-7-13(14)18)15(19)20-9-10-4-2-1-3-5-10/h1-5,11-14,18H,6-9H2/t11-,12+,13+,14+/m1/s1. The van der Waals surface area contributed by atoms with Crippen molar-refractivity contribution in [2.24, 2.45) is 5.92 Å². The van der Waals surface area contributed by atoms with Gasteiger partial charge in [-0.3, -0.25) is 0 Å². The Morgan fingerprint density at radius 2 is 2.10 bits per heavy atom. The molecule has 1 aromatic rings. The van der Waals surface area contributed by atoms with E-state index in [0.29, 0.717) is 13.0 Å². The number of hydrogen-bond acceptors (Lipinski definition) is 3. The molecule has 1 saturated heterocycles. The van der Waals surface area contributed by atoms with Gasteiger partial charge in [0.2, 0.25) is 0 Å². The van der Waals surface area contributed by atoms with E-state index < -0.39 is 6.10 Å². The summed E-state index contributed by atoms with van der Waals surface area (Å²) < 4.78 is 5.33. The van der Waals surface area contributed by atoms with E-state index in [-0.39, 0.29) is 30.0 Å². The van der Waals surface area contributed by atoms with Gasteiger partial charge in [-0.05, 0) is 18.4 Å². The average molecular weight is 296 g/mol. The largest absolute Gasteiger partial charge is 0.445 e. The van der Waals surface area contributed by atoms with Crippen LogP contribution in [0.25, 0.3) is 0 Å². The molecule has 2 aliphatic rings. The molecule has 2 fully saturated rings. The lowest BCUT2D eigenvalue weighted by Gasteiger charge is -2.25. The minimum Gasteiger partial charge on any atom is -0.445 e. The van der Waals surface area contributed by atoms with E-state index in [1.807, 2.05) is 30.3 Å². The number of benzene rings is 1. The van der Waals surface area contributed by atoms with Crippen molar-refractivity contribution in [1.29, 1.82) is 0 Å². The molecule has 1 N–H and O–H groups in total. The molecule has 108 valence electrons. The van der Waals surface area contributed by atoms with Gasteiger partial charge in [0.25, 0.3) is 0 Å². The Morgan fingerprint density at radius 1 is 1.35 bits per heavy atom. The van der Waals surface area contributed by atoms with Crippen molar-refractivity contribution in [1.82, 2.24) is 4.90 Å². The number of amides is 1. The minimum absolute atomic E-state index is 0.0820. The third-order valence-electron chi connectivity index (χ3n) is 4.26. The number of nitrogens with zero attached hydrogens (tertiary/aromatic N) is 1. The lowest BCUT2D eigenvalue weighted by atomic mass is 10.0. The summed E-state index contributed by atoms with van der Waals surface area (Å²) in [5.74, 6) is 0.191. The summed E-state index contributed by atoms with van der Waals surface area (Å²) in [5.41, 5.74) is 0.950. The summed E-state index contributed by atoms with van der Waals surface area (Å²) in [5, 5.41) is 9.93. The Morgan fingerprint density at radius 3 is 2.85 bits per heavy atom. The molecule has 0 radical (unpaired) electrons. The van der Waals surface area contributed by atoms with Crippen molar-refractivity contribution < 1.29 is 14.6 Å². The first-order valence-corrected chi connectivity index (χ1v) is 7.40. The highest BCUT2D eigenvalue weighted by Crippen LogP contribution is 2.40. The maximum Gasteiger partial charge on any atom is 0.410 e. The molecule has 0 aromatic heterocycles. The number of fused-ring (bicyclic) bond motifs is 1. The second-order valence-electron chi connectivity index (χ2n) is 5.51. The Kier molecular flexibility index (Phi) is 3.85. The van der Waals surface area contributed by atoms with Crippen LogP contribution in [0.5, 0.6) is 0 Å². The van der Waals surface area contributed by atoms with Crippen LogP contribution in [0.1, 0.15) is 18.4 Å². The monoisotopic (exact) mass is 295 g/mol. The molecule has 1 heterocycles. The predicted molar refractivity (Wildman–Crippen MR) is 75.5 cm³/mol. The Hall–Kier alpha value is -1.26. The van der Waals surface area contributed by atoms with Crippen molar-refractivity contribution in [3.8, 4) is 0 Å². The Labute approximate surface area is 123 Å². The zero-order valence-electron chi connectivity index (χ0n) is 11.1. The fourth-order valence-electron chi connectivity index (χ4n) is 3.27. The second kappa shape index (κ2) is 5.62. The summed E-state index contributed by atoms with van der Waals surface area (Å²) in [7, 11) is 0. The molecule has 4 atom stereocenters. The molecule has 1 aliphatic heterocycles. The molecule has 1 aliphatic carbocycles. The molecule has 1 saturated carbocycles. The van der Waals surface area contributed by atoms with Crippen LogP contribution in [0.2, 0.25) is 0 Å². The van der Waals surface area contributed by atoms with Crippen LogP contribution in [0, 0.1) is 5.92 Å². The van der Waals surface area contributed by atoms with E-state index in [1.165, 1.54) is 0 Å². The molecule has 4 nitrogen and oxygen atoms in total. The van der Waals surface area contributed by atoms with Gasteiger partial charge >= 0.3 is 6.09 Å². The summed E-state index contributed by atoms with van der Waals surface area (Å²) in [4.78, 5) is 13.8. The van der Waals surface area contributed by atoms with Crippen molar-refractivity contribution in [2.45, 2.75) is 37.0 Å². The van der Waals surface area contributed by atoms with Crippen molar-refractivity contribution in [2.75, 3.05) is 6.54 Å². The second-order valence-corrected chi connectivity index (χ2v) is 6.07. The van der Waals surface area contributed by atoms with Gasteiger partial charge in [0.05, 0.1) is 17.5 Å².